The largest absolute Gasteiger partial charge is 0.347 e. The number of hydrogen-bond acceptors (Lipinski definition) is 4. The van der Waals surface area contributed by atoms with E-state index in [0.29, 0.717) is 35.9 Å². The summed E-state index contributed by atoms with van der Waals surface area (Å²) in [6.45, 7) is 0.893. The van der Waals surface area contributed by atoms with Crippen LogP contribution in [-0.4, -0.2) is 50.6 Å². The molecular formula is C31H28N6O3. The molecule has 5 aromatic rings. The summed E-state index contributed by atoms with van der Waals surface area (Å²) in [6, 6.07) is 26.6. The molecule has 0 aliphatic carbocycles. The first-order valence-corrected chi connectivity index (χ1v) is 13.0. The standard InChI is InChI=1S/C31H28N6O3/c1-34-17-7-12-27(34)30(39)32-29-23-8-3-6-11-26(23)37(33-29)19-22-15-13-21(14-16-22)18-36-25-10-5-4-9-24(25)31(40)35(2)20-28(36)38/h3-17H,18-20H2,1-2H3,(H,32,33,39). The van der Waals surface area contributed by atoms with Crippen LogP contribution in [0, 0.1) is 0 Å². The summed E-state index contributed by atoms with van der Waals surface area (Å²) in [7, 11) is 3.47. The van der Waals surface area contributed by atoms with Crippen molar-refractivity contribution in [3.8, 4) is 0 Å². The van der Waals surface area contributed by atoms with E-state index in [9.17, 15) is 14.4 Å². The van der Waals surface area contributed by atoms with Crippen LogP contribution >= 0.6 is 0 Å². The number of nitrogens with one attached hydrogen (secondary N) is 1. The van der Waals surface area contributed by atoms with E-state index >= 15 is 0 Å². The van der Waals surface area contributed by atoms with Crippen LogP contribution in [0.25, 0.3) is 10.9 Å². The van der Waals surface area contributed by atoms with Crippen LogP contribution in [0.3, 0.4) is 0 Å². The predicted octanol–water partition coefficient (Wildman–Crippen LogP) is 4.29. The maximum absolute atomic E-state index is 13.0. The van der Waals surface area contributed by atoms with E-state index in [1.165, 1.54) is 4.90 Å². The summed E-state index contributed by atoms with van der Waals surface area (Å²) in [6.07, 6.45) is 1.83. The molecule has 40 heavy (non-hydrogen) atoms. The molecule has 6 rings (SSSR count). The monoisotopic (exact) mass is 532 g/mol. The van der Waals surface area contributed by atoms with Gasteiger partial charge >= 0.3 is 0 Å². The summed E-state index contributed by atoms with van der Waals surface area (Å²) in [5.41, 5.74) is 4.58. The van der Waals surface area contributed by atoms with E-state index in [1.807, 2.05) is 90.7 Å². The lowest BCUT2D eigenvalue weighted by atomic mass is 10.1. The minimum Gasteiger partial charge on any atom is -0.347 e. The summed E-state index contributed by atoms with van der Waals surface area (Å²) in [5.74, 6) is 0.00586. The third-order valence-corrected chi connectivity index (χ3v) is 7.21. The number of carbonyl (C=O) groups excluding carboxylic acids is 3. The van der Waals surface area contributed by atoms with Gasteiger partial charge < -0.3 is 19.7 Å². The zero-order chi connectivity index (χ0) is 27.8. The number of aromatic nitrogens is 3. The molecule has 0 fully saturated rings. The van der Waals surface area contributed by atoms with Crippen LogP contribution in [0.5, 0.6) is 0 Å². The van der Waals surface area contributed by atoms with Crippen molar-refractivity contribution in [3.63, 3.8) is 0 Å². The molecular weight excluding hydrogens is 504 g/mol. The fourth-order valence-electron chi connectivity index (χ4n) is 5.08. The van der Waals surface area contributed by atoms with E-state index < -0.39 is 0 Å². The van der Waals surface area contributed by atoms with Crippen molar-refractivity contribution in [1.29, 1.82) is 0 Å². The first kappa shape index (κ1) is 25.1. The van der Waals surface area contributed by atoms with Gasteiger partial charge in [-0.25, -0.2) is 0 Å². The van der Waals surface area contributed by atoms with Crippen molar-refractivity contribution in [2.75, 3.05) is 23.8 Å². The van der Waals surface area contributed by atoms with Crippen molar-refractivity contribution in [3.05, 3.63) is 114 Å². The van der Waals surface area contributed by atoms with Crippen molar-refractivity contribution in [2.45, 2.75) is 13.1 Å². The molecule has 9 nitrogen and oxygen atoms in total. The van der Waals surface area contributed by atoms with Gasteiger partial charge in [-0.15, -0.1) is 0 Å². The minimum atomic E-state index is -0.218. The van der Waals surface area contributed by atoms with E-state index in [2.05, 4.69) is 5.32 Å². The van der Waals surface area contributed by atoms with Crippen LogP contribution in [0.1, 0.15) is 32.0 Å². The second-order valence-corrected chi connectivity index (χ2v) is 9.96. The van der Waals surface area contributed by atoms with Crippen molar-refractivity contribution >= 4 is 40.1 Å². The Morgan fingerprint density at radius 1 is 0.850 bits per heavy atom. The lowest BCUT2D eigenvalue weighted by Gasteiger charge is -2.22. The Morgan fingerprint density at radius 3 is 2.30 bits per heavy atom. The summed E-state index contributed by atoms with van der Waals surface area (Å²) in [4.78, 5) is 41.7. The second kappa shape index (κ2) is 10.2. The maximum atomic E-state index is 13.0. The molecule has 200 valence electrons. The summed E-state index contributed by atoms with van der Waals surface area (Å²) >= 11 is 0. The summed E-state index contributed by atoms with van der Waals surface area (Å²) < 4.78 is 3.64. The van der Waals surface area contributed by atoms with Gasteiger partial charge in [0.1, 0.15) is 12.2 Å². The molecule has 0 spiro atoms. The van der Waals surface area contributed by atoms with Crippen LogP contribution in [-0.2, 0) is 24.9 Å². The smallest absolute Gasteiger partial charge is 0.273 e. The van der Waals surface area contributed by atoms with Gasteiger partial charge in [-0.05, 0) is 47.5 Å². The molecule has 2 aromatic heterocycles. The highest BCUT2D eigenvalue weighted by Crippen LogP contribution is 2.27. The number of benzene rings is 3. The molecule has 9 heteroatoms. The van der Waals surface area contributed by atoms with E-state index in [-0.39, 0.29) is 24.3 Å². The molecule has 0 radical (unpaired) electrons. The molecule has 1 aliphatic rings. The normalized spacial score (nSPS) is 13.4. The average molecular weight is 533 g/mol. The molecule has 0 unspecified atom stereocenters. The topological polar surface area (TPSA) is 92.5 Å². The Morgan fingerprint density at radius 2 is 1.55 bits per heavy atom. The maximum Gasteiger partial charge on any atom is 0.273 e. The van der Waals surface area contributed by atoms with Crippen LogP contribution < -0.4 is 10.2 Å². The lowest BCUT2D eigenvalue weighted by molar-refractivity contribution is -0.119. The average Bonchev–Trinajstić information content (AvgIpc) is 3.53. The van der Waals surface area contributed by atoms with Gasteiger partial charge in [0.2, 0.25) is 5.91 Å². The highest BCUT2D eigenvalue weighted by molar-refractivity contribution is 6.09. The molecule has 1 aliphatic heterocycles. The first-order valence-electron chi connectivity index (χ1n) is 13.0. The SMILES string of the molecule is CN1CC(=O)N(Cc2ccc(Cn3nc(NC(=O)c4cccn4C)c4ccccc43)cc2)c2ccccc2C1=O. The Bertz CT molecular complexity index is 1750. The van der Waals surface area contributed by atoms with E-state index in [4.69, 9.17) is 5.10 Å². The molecule has 0 bridgehead atoms. The fraction of sp³-hybridized carbons (Fsp3) is 0.161. The number of nitrogens with zero attached hydrogens (tertiary/aromatic N) is 5. The van der Waals surface area contributed by atoms with Crippen molar-refractivity contribution in [2.24, 2.45) is 7.05 Å². The van der Waals surface area contributed by atoms with Crippen molar-refractivity contribution < 1.29 is 14.4 Å². The zero-order valence-electron chi connectivity index (χ0n) is 22.2. The van der Waals surface area contributed by atoms with Crippen molar-refractivity contribution in [1.82, 2.24) is 19.2 Å². The first-order chi connectivity index (χ1) is 19.4. The predicted molar refractivity (Wildman–Crippen MR) is 153 cm³/mol. The van der Waals surface area contributed by atoms with Gasteiger partial charge in [0, 0.05) is 25.7 Å². The molecule has 0 saturated carbocycles. The van der Waals surface area contributed by atoms with Gasteiger partial charge in [-0.3, -0.25) is 19.1 Å². The van der Waals surface area contributed by atoms with Gasteiger partial charge in [0.25, 0.3) is 11.8 Å². The van der Waals surface area contributed by atoms with E-state index in [1.54, 1.807) is 28.6 Å². The zero-order valence-corrected chi connectivity index (χ0v) is 22.2. The minimum absolute atomic E-state index is 0.0287. The molecule has 3 aromatic carbocycles. The number of amides is 3. The van der Waals surface area contributed by atoms with Gasteiger partial charge in [0.05, 0.1) is 29.9 Å². The Balaban J connectivity index is 1.23. The number of carbonyl (C=O) groups is 3. The van der Waals surface area contributed by atoms with Crippen LogP contribution in [0.15, 0.2) is 91.1 Å². The lowest BCUT2D eigenvalue weighted by Crippen LogP contribution is -2.37. The summed E-state index contributed by atoms with van der Waals surface area (Å²) in [5, 5.41) is 8.54. The number of aryl methyl sites for hydroxylation is 1. The number of hydrogen-bond donors (Lipinski definition) is 1. The number of para-hydroxylation sites is 2. The number of fused-ring (bicyclic) bond motifs is 2. The number of anilines is 2. The molecule has 0 atom stereocenters. The second-order valence-electron chi connectivity index (χ2n) is 9.96. The fourth-order valence-corrected chi connectivity index (χ4v) is 5.08. The number of rotatable bonds is 6. The third kappa shape index (κ3) is 4.62. The quantitative estimate of drug-likeness (QED) is 0.353. The van der Waals surface area contributed by atoms with Crippen LogP contribution in [0.4, 0.5) is 11.5 Å². The molecule has 3 heterocycles. The Kier molecular flexibility index (Phi) is 6.39. The van der Waals surface area contributed by atoms with E-state index in [0.717, 1.165) is 22.0 Å². The third-order valence-electron chi connectivity index (χ3n) is 7.21. The highest BCUT2D eigenvalue weighted by Gasteiger charge is 2.29. The molecule has 0 saturated heterocycles. The van der Waals surface area contributed by atoms with Gasteiger partial charge in [-0.1, -0.05) is 48.5 Å². The number of likely N-dealkylation sites (N-methyl/N-ethyl adjacent to an activating group) is 1. The molecule has 3 amide bonds. The molecule has 1 N–H and O–H groups in total. The van der Waals surface area contributed by atoms with Crippen LogP contribution in [0.2, 0.25) is 0 Å². The highest BCUT2D eigenvalue weighted by atomic mass is 16.2. The Hall–Kier alpha value is -5.18. The Labute approximate surface area is 231 Å². The van der Waals surface area contributed by atoms with Gasteiger partial charge in [0.15, 0.2) is 5.82 Å². The van der Waals surface area contributed by atoms with Gasteiger partial charge in [-0.2, -0.15) is 5.10 Å².